The predicted octanol–water partition coefficient (Wildman–Crippen LogP) is 3.15. The molecule has 0 radical (unpaired) electrons. The molecule has 2 aromatic rings. The van der Waals surface area contributed by atoms with Crippen molar-refractivity contribution < 1.29 is 23.5 Å². The number of halogens is 1. The Labute approximate surface area is 198 Å². The minimum absolute atomic E-state index is 0.0566. The second kappa shape index (κ2) is 10.0. The molecular formula is C26H30FN3O4. The molecule has 1 N–H and O–H groups in total. The third-order valence-electron chi connectivity index (χ3n) is 6.91. The molecule has 1 atom stereocenters. The molecule has 2 amide bonds. The van der Waals surface area contributed by atoms with Gasteiger partial charge in [-0.05, 0) is 67.6 Å². The highest BCUT2D eigenvalue weighted by atomic mass is 19.1. The number of hydrogen-bond acceptors (Lipinski definition) is 5. The Morgan fingerprint density at radius 1 is 0.941 bits per heavy atom. The van der Waals surface area contributed by atoms with E-state index in [2.05, 4.69) is 10.2 Å². The van der Waals surface area contributed by atoms with Gasteiger partial charge < -0.3 is 19.7 Å². The minimum Gasteiger partial charge on any atom is -0.486 e. The Bertz CT molecular complexity index is 1040. The number of benzene rings is 2. The van der Waals surface area contributed by atoms with Crippen LogP contribution in [0.2, 0.25) is 0 Å². The first-order valence-electron chi connectivity index (χ1n) is 12.0. The molecule has 2 fully saturated rings. The van der Waals surface area contributed by atoms with Crippen molar-refractivity contribution in [2.75, 3.05) is 39.4 Å². The van der Waals surface area contributed by atoms with Gasteiger partial charge in [-0.3, -0.25) is 14.5 Å². The molecule has 7 nitrogen and oxygen atoms in total. The van der Waals surface area contributed by atoms with Gasteiger partial charge in [-0.15, -0.1) is 0 Å². The van der Waals surface area contributed by atoms with Gasteiger partial charge >= 0.3 is 0 Å². The summed E-state index contributed by atoms with van der Waals surface area (Å²) >= 11 is 0. The van der Waals surface area contributed by atoms with E-state index in [-0.39, 0.29) is 29.7 Å². The lowest BCUT2D eigenvalue weighted by atomic mass is 10.0. The summed E-state index contributed by atoms with van der Waals surface area (Å²) in [6.07, 6.45) is 3.50. The summed E-state index contributed by atoms with van der Waals surface area (Å²) in [4.78, 5) is 29.7. The molecule has 0 aromatic heterocycles. The van der Waals surface area contributed by atoms with Crippen molar-refractivity contribution in [2.45, 2.75) is 37.8 Å². The molecule has 8 heteroatoms. The summed E-state index contributed by atoms with van der Waals surface area (Å²) in [6.45, 7) is 3.77. The Balaban J connectivity index is 1.13. The number of piperidine rings is 1. The van der Waals surface area contributed by atoms with E-state index in [1.807, 2.05) is 23.1 Å². The molecule has 0 saturated carbocycles. The Morgan fingerprint density at radius 3 is 2.44 bits per heavy atom. The van der Waals surface area contributed by atoms with E-state index in [1.165, 1.54) is 24.3 Å². The van der Waals surface area contributed by atoms with Crippen LogP contribution >= 0.6 is 0 Å². The maximum Gasteiger partial charge on any atom is 0.251 e. The molecule has 5 rings (SSSR count). The van der Waals surface area contributed by atoms with Crippen molar-refractivity contribution in [3.05, 3.63) is 59.4 Å². The normalized spacial score (nSPS) is 20.9. The summed E-state index contributed by atoms with van der Waals surface area (Å²) < 4.78 is 24.4. The topological polar surface area (TPSA) is 71.1 Å². The van der Waals surface area contributed by atoms with Crippen molar-refractivity contribution in [1.82, 2.24) is 15.1 Å². The highest BCUT2D eigenvalue weighted by Gasteiger charge is 2.32. The van der Waals surface area contributed by atoms with Gasteiger partial charge in [0.15, 0.2) is 11.5 Å². The standard InChI is InChI=1S/C26H30FN3O4/c27-20-6-3-18(4-7-20)26(32)28-21-9-12-29(13-10-21)17-25(31)30-11-1-2-22(30)19-5-8-23-24(16-19)34-15-14-33-23/h3-8,16,21-22H,1-2,9-15,17H2,(H,28,32). The predicted molar refractivity (Wildman–Crippen MR) is 124 cm³/mol. The first kappa shape index (κ1) is 22.7. The van der Waals surface area contributed by atoms with Gasteiger partial charge in [0.25, 0.3) is 5.91 Å². The number of carbonyl (C=O) groups is 2. The van der Waals surface area contributed by atoms with Crippen LogP contribution in [0.3, 0.4) is 0 Å². The average molecular weight is 468 g/mol. The zero-order valence-corrected chi connectivity index (χ0v) is 19.2. The highest BCUT2D eigenvalue weighted by molar-refractivity contribution is 5.94. The van der Waals surface area contributed by atoms with E-state index >= 15 is 0 Å². The molecule has 0 bridgehead atoms. The first-order valence-corrected chi connectivity index (χ1v) is 12.0. The number of nitrogens with one attached hydrogen (secondary N) is 1. The van der Waals surface area contributed by atoms with Crippen LogP contribution < -0.4 is 14.8 Å². The molecule has 1 unspecified atom stereocenters. The van der Waals surface area contributed by atoms with Crippen LogP contribution in [-0.2, 0) is 4.79 Å². The zero-order valence-electron chi connectivity index (χ0n) is 19.2. The number of amides is 2. The van der Waals surface area contributed by atoms with Crippen molar-refractivity contribution in [3.8, 4) is 11.5 Å². The Morgan fingerprint density at radius 2 is 1.68 bits per heavy atom. The number of ether oxygens (including phenoxy) is 2. The van der Waals surface area contributed by atoms with Gasteiger partial charge in [0.05, 0.1) is 12.6 Å². The summed E-state index contributed by atoms with van der Waals surface area (Å²) in [7, 11) is 0. The second-order valence-corrected chi connectivity index (χ2v) is 9.18. The highest BCUT2D eigenvalue weighted by Crippen LogP contribution is 2.38. The fourth-order valence-electron chi connectivity index (χ4n) is 5.07. The van der Waals surface area contributed by atoms with Gasteiger partial charge in [0.2, 0.25) is 5.91 Å². The lowest BCUT2D eigenvalue weighted by Crippen LogP contribution is -2.48. The van der Waals surface area contributed by atoms with Gasteiger partial charge in [-0.1, -0.05) is 6.07 Å². The fourth-order valence-corrected chi connectivity index (χ4v) is 5.07. The van der Waals surface area contributed by atoms with E-state index < -0.39 is 0 Å². The van der Waals surface area contributed by atoms with Crippen LogP contribution in [0.4, 0.5) is 4.39 Å². The molecular weight excluding hydrogens is 437 g/mol. The SMILES string of the molecule is O=C(NC1CCN(CC(=O)N2CCCC2c2ccc3c(c2)OCCO3)CC1)c1ccc(F)cc1. The van der Waals surface area contributed by atoms with Crippen molar-refractivity contribution >= 4 is 11.8 Å². The van der Waals surface area contributed by atoms with Crippen LogP contribution in [0, 0.1) is 5.82 Å². The molecule has 34 heavy (non-hydrogen) atoms. The largest absolute Gasteiger partial charge is 0.486 e. The minimum atomic E-state index is -0.358. The number of hydrogen-bond donors (Lipinski definition) is 1. The van der Waals surface area contributed by atoms with Crippen molar-refractivity contribution in [1.29, 1.82) is 0 Å². The fraction of sp³-hybridized carbons (Fsp3) is 0.462. The van der Waals surface area contributed by atoms with Gasteiger partial charge in [0.1, 0.15) is 19.0 Å². The quantitative estimate of drug-likeness (QED) is 0.732. The van der Waals surface area contributed by atoms with E-state index in [4.69, 9.17) is 9.47 Å². The Hall–Kier alpha value is -3.13. The van der Waals surface area contributed by atoms with Crippen LogP contribution in [0.15, 0.2) is 42.5 Å². The average Bonchev–Trinajstić information content (AvgIpc) is 3.36. The number of fused-ring (bicyclic) bond motifs is 1. The maximum atomic E-state index is 13.2. The molecule has 3 aliphatic heterocycles. The molecule has 2 aromatic carbocycles. The summed E-state index contributed by atoms with van der Waals surface area (Å²) in [6, 6.07) is 11.7. The van der Waals surface area contributed by atoms with E-state index in [1.54, 1.807) is 0 Å². The lowest BCUT2D eigenvalue weighted by Gasteiger charge is -2.34. The number of carbonyl (C=O) groups excluding carboxylic acids is 2. The smallest absolute Gasteiger partial charge is 0.251 e. The Kier molecular flexibility index (Phi) is 6.67. The number of rotatable bonds is 5. The monoisotopic (exact) mass is 467 g/mol. The maximum absolute atomic E-state index is 13.2. The van der Waals surface area contributed by atoms with Crippen molar-refractivity contribution in [2.24, 2.45) is 0 Å². The van der Waals surface area contributed by atoms with E-state index in [0.717, 1.165) is 62.4 Å². The molecule has 3 heterocycles. The zero-order chi connectivity index (χ0) is 23.5. The first-order chi connectivity index (χ1) is 16.6. The summed E-state index contributed by atoms with van der Waals surface area (Å²) in [5.41, 5.74) is 1.55. The van der Waals surface area contributed by atoms with E-state index in [0.29, 0.717) is 25.3 Å². The summed E-state index contributed by atoms with van der Waals surface area (Å²) in [5, 5.41) is 3.03. The molecule has 0 spiro atoms. The second-order valence-electron chi connectivity index (χ2n) is 9.18. The third kappa shape index (κ3) is 5.01. The van der Waals surface area contributed by atoms with Crippen LogP contribution in [0.1, 0.15) is 47.6 Å². The number of likely N-dealkylation sites (tertiary alicyclic amines) is 2. The molecule has 2 saturated heterocycles. The summed E-state index contributed by atoms with van der Waals surface area (Å²) in [5.74, 6) is 1.12. The molecule has 3 aliphatic rings. The molecule has 0 aliphatic carbocycles. The van der Waals surface area contributed by atoms with Crippen LogP contribution in [0.25, 0.3) is 0 Å². The lowest BCUT2D eigenvalue weighted by molar-refractivity contribution is -0.133. The number of nitrogens with zero attached hydrogens (tertiary/aromatic N) is 2. The van der Waals surface area contributed by atoms with Crippen molar-refractivity contribution in [3.63, 3.8) is 0 Å². The van der Waals surface area contributed by atoms with Gasteiger partial charge in [0, 0.05) is 31.2 Å². The molecule has 180 valence electrons. The van der Waals surface area contributed by atoms with Crippen LogP contribution in [0.5, 0.6) is 11.5 Å². The van der Waals surface area contributed by atoms with Gasteiger partial charge in [-0.2, -0.15) is 0 Å². The van der Waals surface area contributed by atoms with E-state index in [9.17, 15) is 14.0 Å². The van der Waals surface area contributed by atoms with Gasteiger partial charge in [-0.25, -0.2) is 4.39 Å². The third-order valence-corrected chi connectivity index (χ3v) is 6.91. The van der Waals surface area contributed by atoms with Crippen LogP contribution in [-0.4, -0.2) is 67.0 Å².